The van der Waals surface area contributed by atoms with E-state index in [0.717, 1.165) is 0 Å². The quantitative estimate of drug-likeness (QED) is 0.656. The highest BCUT2D eigenvalue weighted by molar-refractivity contribution is 5.84. The lowest BCUT2D eigenvalue weighted by molar-refractivity contribution is -0.138. The minimum absolute atomic E-state index is 0.00717. The van der Waals surface area contributed by atoms with E-state index in [-0.39, 0.29) is 36.9 Å². The molecule has 0 aromatic heterocycles. The van der Waals surface area contributed by atoms with Crippen molar-refractivity contribution in [2.75, 3.05) is 19.6 Å². The Morgan fingerprint density at radius 3 is 2.63 bits per heavy atom. The zero-order valence-corrected chi connectivity index (χ0v) is 11.3. The molecule has 1 heterocycles. The fourth-order valence-corrected chi connectivity index (χ4v) is 2.07. The summed E-state index contributed by atoms with van der Waals surface area (Å²) in [5.41, 5.74) is 0. The number of carbonyl (C=O) groups excluding carboxylic acids is 2. The molecule has 0 aromatic rings. The first-order chi connectivity index (χ1) is 8.88. The molecule has 1 saturated heterocycles. The molecule has 108 valence electrons. The molecule has 0 bridgehead atoms. The number of likely N-dealkylation sites (tertiary alicyclic amines) is 1. The molecule has 0 saturated carbocycles. The lowest BCUT2D eigenvalue weighted by atomic mass is 10.1. The Morgan fingerprint density at radius 1 is 1.37 bits per heavy atom. The number of hydrogen-bond donors (Lipinski definition) is 3. The number of carboxylic acids is 1. The summed E-state index contributed by atoms with van der Waals surface area (Å²) in [4.78, 5) is 35.2. The normalized spacial score (nSPS) is 18.5. The van der Waals surface area contributed by atoms with Gasteiger partial charge in [-0.15, -0.1) is 0 Å². The summed E-state index contributed by atoms with van der Waals surface area (Å²) < 4.78 is 0. The molecule has 3 amide bonds. The first-order valence-electron chi connectivity index (χ1n) is 6.42. The molecule has 7 heteroatoms. The Balaban J connectivity index is 2.27. The average Bonchev–Trinajstić information content (AvgIpc) is 2.72. The standard InChI is InChI=1S/C12H21N3O4/c1-8(2)14-10(16)6-13-12(19)15-4-3-9(7-15)5-11(17)18/h8-9H,3-7H2,1-2H3,(H,13,19)(H,14,16)(H,17,18). The Kier molecular flexibility index (Phi) is 5.59. The van der Waals surface area contributed by atoms with E-state index >= 15 is 0 Å². The van der Waals surface area contributed by atoms with Crippen LogP contribution in [0.2, 0.25) is 0 Å². The van der Waals surface area contributed by atoms with Gasteiger partial charge in [-0.1, -0.05) is 0 Å². The maximum atomic E-state index is 11.8. The summed E-state index contributed by atoms with van der Waals surface area (Å²) in [5, 5.41) is 13.9. The lowest BCUT2D eigenvalue weighted by Crippen LogP contribution is -2.44. The van der Waals surface area contributed by atoms with Crippen LogP contribution in [0.15, 0.2) is 0 Å². The fourth-order valence-electron chi connectivity index (χ4n) is 2.07. The van der Waals surface area contributed by atoms with Gasteiger partial charge >= 0.3 is 12.0 Å². The van der Waals surface area contributed by atoms with Gasteiger partial charge in [0.15, 0.2) is 0 Å². The highest BCUT2D eigenvalue weighted by atomic mass is 16.4. The molecule has 1 atom stereocenters. The summed E-state index contributed by atoms with van der Waals surface area (Å²) >= 11 is 0. The van der Waals surface area contributed by atoms with E-state index in [2.05, 4.69) is 10.6 Å². The summed E-state index contributed by atoms with van der Waals surface area (Å²) in [7, 11) is 0. The molecule has 1 unspecified atom stereocenters. The van der Waals surface area contributed by atoms with Crippen LogP contribution in [0.5, 0.6) is 0 Å². The predicted octanol–water partition coefficient (Wildman–Crippen LogP) is 0.0172. The second-order valence-electron chi connectivity index (χ2n) is 5.08. The van der Waals surface area contributed by atoms with E-state index in [4.69, 9.17) is 5.11 Å². The van der Waals surface area contributed by atoms with Crippen LogP contribution in [0, 0.1) is 5.92 Å². The van der Waals surface area contributed by atoms with Crippen molar-refractivity contribution in [3.05, 3.63) is 0 Å². The van der Waals surface area contributed by atoms with E-state index in [1.807, 2.05) is 13.8 Å². The van der Waals surface area contributed by atoms with Gasteiger partial charge in [-0.25, -0.2) is 4.79 Å². The molecular formula is C12H21N3O4. The van der Waals surface area contributed by atoms with Crippen LogP contribution >= 0.6 is 0 Å². The number of nitrogens with one attached hydrogen (secondary N) is 2. The smallest absolute Gasteiger partial charge is 0.317 e. The predicted molar refractivity (Wildman–Crippen MR) is 68.6 cm³/mol. The van der Waals surface area contributed by atoms with Crippen molar-refractivity contribution in [3.8, 4) is 0 Å². The van der Waals surface area contributed by atoms with Crippen LogP contribution in [0.25, 0.3) is 0 Å². The Labute approximate surface area is 112 Å². The van der Waals surface area contributed by atoms with Gasteiger partial charge in [0.25, 0.3) is 0 Å². The second kappa shape index (κ2) is 6.96. The number of carbonyl (C=O) groups is 3. The minimum Gasteiger partial charge on any atom is -0.481 e. The molecule has 7 nitrogen and oxygen atoms in total. The monoisotopic (exact) mass is 271 g/mol. The van der Waals surface area contributed by atoms with Crippen molar-refractivity contribution >= 4 is 17.9 Å². The lowest BCUT2D eigenvalue weighted by Gasteiger charge is -2.17. The maximum Gasteiger partial charge on any atom is 0.317 e. The van der Waals surface area contributed by atoms with Gasteiger partial charge in [0.1, 0.15) is 0 Å². The number of aliphatic carboxylic acids is 1. The van der Waals surface area contributed by atoms with Crippen molar-refractivity contribution < 1.29 is 19.5 Å². The van der Waals surface area contributed by atoms with Crippen molar-refractivity contribution in [2.45, 2.75) is 32.7 Å². The van der Waals surface area contributed by atoms with Gasteiger partial charge in [-0.2, -0.15) is 0 Å². The van der Waals surface area contributed by atoms with E-state index < -0.39 is 5.97 Å². The van der Waals surface area contributed by atoms with Crippen LogP contribution in [0.4, 0.5) is 4.79 Å². The van der Waals surface area contributed by atoms with E-state index in [0.29, 0.717) is 19.5 Å². The minimum atomic E-state index is -0.844. The molecule has 19 heavy (non-hydrogen) atoms. The number of nitrogens with zero attached hydrogens (tertiary/aromatic N) is 1. The van der Waals surface area contributed by atoms with Crippen molar-refractivity contribution in [2.24, 2.45) is 5.92 Å². The van der Waals surface area contributed by atoms with Gasteiger partial charge in [-0.3, -0.25) is 9.59 Å². The number of urea groups is 1. The molecule has 0 aliphatic carbocycles. The third-order valence-corrected chi connectivity index (χ3v) is 2.89. The number of carboxylic acid groups (broad SMARTS) is 1. The fraction of sp³-hybridized carbons (Fsp3) is 0.750. The zero-order chi connectivity index (χ0) is 14.4. The SMILES string of the molecule is CC(C)NC(=O)CNC(=O)N1CCC(CC(=O)O)C1. The summed E-state index contributed by atoms with van der Waals surface area (Å²) in [5.74, 6) is -1.07. The van der Waals surface area contributed by atoms with Crippen molar-refractivity contribution in [1.29, 1.82) is 0 Å². The molecule has 1 aliphatic heterocycles. The molecule has 0 aromatic carbocycles. The number of amides is 3. The van der Waals surface area contributed by atoms with Crippen LogP contribution in [0.1, 0.15) is 26.7 Å². The van der Waals surface area contributed by atoms with Gasteiger partial charge in [0.05, 0.1) is 6.54 Å². The van der Waals surface area contributed by atoms with Gasteiger partial charge < -0.3 is 20.6 Å². The zero-order valence-electron chi connectivity index (χ0n) is 11.3. The van der Waals surface area contributed by atoms with E-state index in [9.17, 15) is 14.4 Å². The third kappa shape index (κ3) is 5.58. The summed E-state index contributed by atoms with van der Waals surface area (Å²) in [6.45, 7) is 4.60. The Hall–Kier alpha value is -1.79. The summed E-state index contributed by atoms with van der Waals surface area (Å²) in [6.07, 6.45) is 0.773. The Morgan fingerprint density at radius 2 is 2.05 bits per heavy atom. The molecule has 1 fully saturated rings. The van der Waals surface area contributed by atoms with E-state index in [1.54, 1.807) is 4.90 Å². The van der Waals surface area contributed by atoms with Gasteiger partial charge in [0, 0.05) is 25.6 Å². The topological polar surface area (TPSA) is 98.7 Å². The third-order valence-electron chi connectivity index (χ3n) is 2.89. The highest BCUT2D eigenvalue weighted by Gasteiger charge is 2.27. The highest BCUT2D eigenvalue weighted by Crippen LogP contribution is 2.19. The first-order valence-corrected chi connectivity index (χ1v) is 6.42. The van der Waals surface area contributed by atoms with Crippen LogP contribution in [-0.2, 0) is 9.59 Å². The molecular weight excluding hydrogens is 250 g/mol. The van der Waals surface area contributed by atoms with Crippen LogP contribution in [-0.4, -0.2) is 53.6 Å². The van der Waals surface area contributed by atoms with Gasteiger partial charge in [0.2, 0.25) is 5.91 Å². The molecule has 1 rings (SSSR count). The molecule has 3 N–H and O–H groups in total. The van der Waals surface area contributed by atoms with Crippen molar-refractivity contribution in [1.82, 2.24) is 15.5 Å². The summed E-state index contributed by atoms with van der Waals surface area (Å²) in [6, 6.07) is -0.275. The molecule has 0 radical (unpaired) electrons. The number of rotatable bonds is 5. The second-order valence-corrected chi connectivity index (χ2v) is 5.08. The largest absolute Gasteiger partial charge is 0.481 e. The Bertz CT molecular complexity index is 357. The van der Waals surface area contributed by atoms with Gasteiger partial charge in [-0.05, 0) is 26.2 Å². The maximum absolute atomic E-state index is 11.8. The van der Waals surface area contributed by atoms with Crippen molar-refractivity contribution in [3.63, 3.8) is 0 Å². The van der Waals surface area contributed by atoms with Crippen LogP contribution in [0.3, 0.4) is 0 Å². The average molecular weight is 271 g/mol. The first kappa shape index (κ1) is 15.3. The van der Waals surface area contributed by atoms with Crippen LogP contribution < -0.4 is 10.6 Å². The van der Waals surface area contributed by atoms with E-state index in [1.165, 1.54) is 0 Å². The molecule has 0 spiro atoms. The molecule has 1 aliphatic rings. The number of hydrogen-bond acceptors (Lipinski definition) is 3.